The Hall–Kier alpha value is -1.95. The van der Waals surface area contributed by atoms with Crippen molar-refractivity contribution in [2.24, 2.45) is 0 Å². The van der Waals surface area contributed by atoms with Gasteiger partial charge in [0.05, 0.1) is 11.1 Å². The second kappa shape index (κ2) is 4.06. The zero-order valence-corrected chi connectivity index (χ0v) is 10.6. The molecule has 3 rings (SSSR count). The Balaban J connectivity index is 2.22. The minimum absolute atomic E-state index is 0.0329. The fourth-order valence-corrected chi connectivity index (χ4v) is 2.03. The van der Waals surface area contributed by atoms with Gasteiger partial charge in [0.25, 0.3) is 0 Å². The highest BCUT2D eigenvalue weighted by Gasteiger charge is 2.11. The molecule has 0 aliphatic carbocycles. The minimum Gasteiger partial charge on any atom is -0.507 e. The van der Waals surface area contributed by atoms with Gasteiger partial charge in [-0.3, -0.25) is 0 Å². The molecule has 0 aliphatic heterocycles. The maximum Gasteiger partial charge on any atom is 0.178 e. The summed E-state index contributed by atoms with van der Waals surface area (Å²) in [5.41, 5.74) is 1.53. The van der Waals surface area contributed by atoms with Gasteiger partial charge in [0.1, 0.15) is 17.4 Å². The standard InChI is InChI=1S/C12H7BrFN3O/c13-6-3-9-12(15-5-6)17-11(16-9)8-4-7(14)1-2-10(8)18/h1-5,18H,(H,15,16,17). The van der Waals surface area contributed by atoms with Gasteiger partial charge in [-0.1, -0.05) is 0 Å². The van der Waals surface area contributed by atoms with Crippen LogP contribution in [0.1, 0.15) is 0 Å². The van der Waals surface area contributed by atoms with E-state index in [0.717, 1.165) is 4.47 Å². The van der Waals surface area contributed by atoms with Crippen molar-refractivity contribution in [3.8, 4) is 17.1 Å². The molecular weight excluding hydrogens is 301 g/mol. The summed E-state index contributed by atoms with van der Waals surface area (Å²) in [5, 5.41) is 9.71. The van der Waals surface area contributed by atoms with Crippen molar-refractivity contribution >= 4 is 27.1 Å². The first kappa shape index (κ1) is 11.2. The van der Waals surface area contributed by atoms with Crippen molar-refractivity contribution in [3.05, 3.63) is 40.8 Å². The number of fused-ring (bicyclic) bond motifs is 1. The van der Waals surface area contributed by atoms with Crippen molar-refractivity contribution in [2.75, 3.05) is 0 Å². The Bertz CT molecular complexity index is 741. The molecule has 1 aromatic carbocycles. The van der Waals surface area contributed by atoms with Gasteiger partial charge in [-0.05, 0) is 40.2 Å². The Kier molecular flexibility index (Phi) is 2.52. The second-order valence-corrected chi connectivity index (χ2v) is 4.69. The van der Waals surface area contributed by atoms with Gasteiger partial charge in [-0.2, -0.15) is 0 Å². The third-order valence-electron chi connectivity index (χ3n) is 2.52. The van der Waals surface area contributed by atoms with Crippen LogP contribution >= 0.6 is 15.9 Å². The molecule has 0 bridgehead atoms. The van der Waals surface area contributed by atoms with E-state index in [1.807, 2.05) is 6.07 Å². The highest BCUT2D eigenvalue weighted by Crippen LogP contribution is 2.29. The van der Waals surface area contributed by atoms with E-state index in [1.165, 1.54) is 18.2 Å². The summed E-state index contributed by atoms with van der Waals surface area (Å²) in [7, 11) is 0. The van der Waals surface area contributed by atoms with E-state index in [2.05, 4.69) is 30.9 Å². The zero-order chi connectivity index (χ0) is 12.7. The van der Waals surface area contributed by atoms with Crippen LogP contribution in [0.15, 0.2) is 34.9 Å². The number of halogens is 2. The molecule has 0 saturated carbocycles. The molecule has 0 aliphatic rings. The van der Waals surface area contributed by atoms with Crippen molar-refractivity contribution in [2.45, 2.75) is 0 Å². The first-order valence-electron chi connectivity index (χ1n) is 5.13. The number of phenols is 1. The van der Waals surface area contributed by atoms with Gasteiger partial charge in [0.2, 0.25) is 0 Å². The average molecular weight is 308 g/mol. The molecule has 90 valence electrons. The van der Waals surface area contributed by atoms with Crippen LogP contribution in [0.25, 0.3) is 22.6 Å². The lowest BCUT2D eigenvalue weighted by Gasteiger charge is -2.00. The molecule has 0 saturated heterocycles. The molecule has 18 heavy (non-hydrogen) atoms. The van der Waals surface area contributed by atoms with E-state index in [9.17, 15) is 9.50 Å². The number of H-pyrrole nitrogens is 1. The Morgan fingerprint density at radius 3 is 2.94 bits per heavy atom. The minimum atomic E-state index is -0.433. The summed E-state index contributed by atoms with van der Waals surface area (Å²) in [6.45, 7) is 0. The van der Waals surface area contributed by atoms with Gasteiger partial charge >= 0.3 is 0 Å². The molecular formula is C12H7BrFN3O. The van der Waals surface area contributed by atoms with Gasteiger partial charge in [-0.25, -0.2) is 14.4 Å². The maximum absolute atomic E-state index is 13.2. The van der Waals surface area contributed by atoms with Crippen LogP contribution in [0, 0.1) is 5.82 Å². The Morgan fingerprint density at radius 1 is 1.28 bits per heavy atom. The SMILES string of the molecule is Oc1ccc(F)cc1-c1nc2ncc(Br)cc2[nH]1. The monoisotopic (exact) mass is 307 g/mol. The molecule has 4 nitrogen and oxygen atoms in total. The van der Waals surface area contributed by atoms with E-state index in [0.29, 0.717) is 22.6 Å². The number of rotatable bonds is 1. The lowest BCUT2D eigenvalue weighted by atomic mass is 10.2. The largest absolute Gasteiger partial charge is 0.507 e. The number of hydrogen-bond acceptors (Lipinski definition) is 3. The van der Waals surface area contributed by atoms with Crippen LogP contribution in [0.5, 0.6) is 5.75 Å². The number of nitrogens with zero attached hydrogens (tertiary/aromatic N) is 2. The first-order chi connectivity index (χ1) is 8.63. The van der Waals surface area contributed by atoms with Gasteiger partial charge in [0, 0.05) is 10.7 Å². The lowest BCUT2D eigenvalue weighted by Crippen LogP contribution is -1.83. The van der Waals surface area contributed by atoms with Crippen molar-refractivity contribution in [1.82, 2.24) is 15.0 Å². The van der Waals surface area contributed by atoms with Crippen molar-refractivity contribution in [3.63, 3.8) is 0 Å². The van der Waals surface area contributed by atoms with Crippen molar-refractivity contribution in [1.29, 1.82) is 0 Å². The molecule has 2 N–H and O–H groups in total. The highest BCUT2D eigenvalue weighted by atomic mass is 79.9. The molecule has 2 aromatic heterocycles. The normalized spacial score (nSPS) is 11.0. The Labute approximate surface area is 110 Å². The summed E-state index contributed by atoms with van der Waals surface area (Å²) in [6, 6.07) is 5.52. The number of aromatic amines is 1. The molecule has 0 spiro atoms. The number of aromatic hydroxyl groups is 1. The number of pyridine rings is 1. The number of imidazole rings is 1. The van der Waals surface area contributed by atoms with E-state index in [-0.39, 0.29) is 5.75 Å². The molecule has 0 atom stereocenters. The van der Waals surface area contributed by atoms with Crippen LogP contribution in [0.3, 0.4) is 0 Å². The van der Waals surface area contributed by atoms with E-state index in [1.54, 1.807) is 6.20 Å². The van der Waals surface area contributed by atoms with Crippen LogP contribution in [0.4, 0.5) is 4.39 Å². The van der Waals surface area contributed by atoms with Crippen LogP contribution in [-0.4, -0.2) is 20.1 Å². The summed E-state index contributed by atoms with van der Waals surface area (Å²) in [4.78, 5) is 11.3. The molecule has 2 heterocycles. The van der Waals surface area contributed by atoms with E-state index >= 15 is 0 Å². The topological polar surface area (TPSA) is 61.8 Å². The molecule has 6 heteroatoms. The zero-order valence-electron chi connectivity index (χ0n) is 8.98. The van der Waals surface area contributed by atoms with Crippen molar-refractivity contribution < 1.29 is 9.50 Å². The summed E-state index contributed by atoms with van der Waals surface area (Å²) >= 11 is 3.30. The van der Waals surface area contributed by atoms with Crippen LogP contribution in [-0.2, 0) is 0 Å². The molecule has 0 radical (unpaired) electrons. The summed E-state index contributed by atoms with van der Waals surface area (Å²) in [5.74, 6) is -0.0838. The number of phenolic OH excluding ortho intramolecular Hbond substituents is 1. The van der Waals surface area contributed by atoms with E-state index in [4.69, 9.17) is 0 Å². The summed E-state index contributed by atoms with van der Waals surface area (Å²) in [6.07, 6.45) is 1.62. The number of aromatic nitrogens is 3. The van der Waals surface area contributed by atoms with Gasteiger partial charge < -0.3 is 10.1 Å². The molecule has 0 amide bonds. The third kappa shape index (κ3) is 1.84. The number of nitrogens with one attached hydrogen (secondary N) is 1. The molecule has 0 fully saturated rings. The van der Waals surface area contributed by atoms with Crippen LogP contribution < -0.4 is 0 Å². The molecule has 3 aromatic rings. The molecule has 0 unspecified atom stereocenters. The highest BCUT2D eigenvalue weighted by molar-refractivity contribution is 9.10. The van der Waals surface area contributed by atoms with Crippen LogP contribution in [0.2, 0.25) is 0 Å². The first-order valence-corrected chi connectivity index (χ1v) is 5.93. The van der Waals surface area contributed by atoms with Gasteiger partial charge in [0.15, 0.2) is 5.65 Å². The van der Waals surface area contributed by atoms with E-state index < -0.39 is 5.82 Å². The lowest BCUT2D eigenvalue weighted by molar-refractivity contribution is 0.475. The predicted molar refractivity (Wildman–Crippen MR) is 68.6 cm³/mol. The quantitative estimate of drug-likeness (QED) is 0.725. The average Bonchev–Trinajstić information content (AvgIpc) is 2.74. The smallest absolute Gasteiger partial charge is 0.178 e. The summed E-state index contributed by atoms with van der Waals surface area (Å²) < 4.78 is 14.0. The number of benzene rings is 1. The van der Waals surface area contributed by atoms with Gasteiger partial charge in [-0.15, -0.1) is 0 Å². The second-order valence-electron chi connectivity index (χ2n) is 3.77. The fraction of sp³-hybridized carbons (Fsp3) is 0. The number of hydrogen-bond donors (Lipinski definition) is 2. The fourth-order valence-electron chi connectivity index (χ4n) is 1.70. The predicted octanol–water partition coefficient (Wildman–Crippen LogP) is 3.23. The maximum atomic E-state index is 13.2. The Morgan fingerprint density at radius 2 is 2.11 bits per heavy atom. The third-order valence-corrected chi connectivity index (χ3v) is 2.95.